The predicted molar refractivity (Wildman–Crippen MR) is 86.9 cm³/mol. The van der Waals surface area contributed by atoms with Crippen LogP contribution in [0.2, 0.25) is 5.02 Å². The number of oxazole rings is 1. The van der Waals surface area contributed by atoms with Crippen molar-refractivity contribution in [1.82, 2.24) is 4.98 Å². The summed E-state index contributed by atoms with van der Waals surface area (Å²) in [4.78, 5) is 16.0. The van der Waals surface area contributed by atoms with Crippen LogP contribution < -0.4 is 0 Å². The molecule has 116 valence electrons. The van der Waals surface area contributed by atoms with Crippen molar-refractivity contribution in [3.63, 3.8) is 0 Å². The molecule has 0 radical (unpaired) electrons. The molecule has 3 rings (SSSR count). The maximum Gasteiger partial charge on any atom is 0.310 e. The molecule has 0 unspecified atom stereocenters. The molecule has 0 amide bonds. The van der Waals surface area contributed by atoms with Crippen LogP contribution in [0.1, 0.15) is 11.5 Å². The highest BCUT2D eigenvalue weighted by Crippen LogP contribution is 2.20. The number of aromatic nitrogens is 1. The molecule has 0 aliphatic carbocycles. The molecule has 0 saturated carbocycles. The SMILES string of the molecule is O=C(Cc1ccccc1Cl)OCc1ncc(-c2ccccc2)o1. The van der Waals surface area contributed by atoms with Gasteiger partial charge < -0.3 is 9.15 Å². The van der Waals surface area contributed by atoms with Crippen LogP contribution >= 0.6 is 11.6 Å². The molecule has 2 aromatic carbocycles. The third-order valence-corrected chi connectivity index (χ3v) is 3.63. The standard InChI is InChI=1S/C18H14ClNO3/c19-15-9-5-4-8-14(15)10-18(21)22-12-17-20-11-16(23-17)13-6-2-1-3-7-13/h1-9,11H,10,12H2. The summed E-state index contributed by atoms with van der Waals surface area (Å²) in [7, 11) is 0. The van der Waals surface area contributed by atoms with Gasteiger partial charge in [-0.3, -0.25) is 4.79 Å². The topological polar surface area (TPSA) is 52.3 Å². The van der Waals surface area contributed by atoms with Crippen molar-refractivity contribution in [2.45, 2.75) is 13.0 Å². The molecule has 0 saturated heterocycles. The fourth-order valence-corrected chi connectivity index (χ4v) is 2.31. The van der Waals surface area contributed by atoms with Crippen molar-refractivity contribution in [1.29, 1.82) is 0 Å². The van der Waals surface area contributed by atoms with Crippen LogP contribution in [0.3, 0.4) is 0 Å². The van der Waals surface area contributed by atoms with Crippen molar-refractivity contribution in [3.05, 3.63) is 77.3 Å². The zero-order valence-electron chi connectivity index (χ0n) is 12.2. The Hall–Kier alpha value is -2.59. The molecule has 3 aromatic rings. The summed E-state index contributed by atoms with van der Waals surface area (Å²) >= 11 is 6.02. The van der Waals surface area contributed by atoms with Crippen LogP contribution in [0.5, 0.6) is 0 Å². The van der Waals surface area contributed by atoms with E-state index in [1.807, 2.05) is 42.5 Å². The number of esters is 1. The van der Waals surface area contributed by atoms with E-state index in [4.69, 9.17) is 20.8 Å². The van der Waals surface area contributed by atoms with Gasteiger partial charge in [0.05, 0.1) is 12.6 Å². The van der Waals surface area contributed by atoms with E-state index in [1.54, 1.807) is 18.3 Å². The first-order chi connectivity index (χ1) is 11.2. The molecular formula is C18H14ClNO3. The molecule has 0 N–H and O–H groups in total. The Balaban J connectivity index is 1.58. The highest BCUT2D eigenvalue weighted by atomic mass is 35.5. The van der Waals surface area contributed by atoms with Gasteiger partial charge in [0.1, 0.15) is 0 Å². The van der Waals surface area contributed by atoms with E-state index in [-0.39, 0.29) is 19.0 Å². The maximum atomic E-state index is 11.9. The fraction of sp³-hybridized carbons (Fsp3) is 0.111. The van der Waals surface area contributed by atoms with Gasteiger partial charge in [0.25, 0.3) is 0 Å². The summed E-state index contributed by atoms with van der Waals surface area (Å²) in [5.74, 6) is 0.622. The number of hydrogen-bond donors (Lipinski definition) is 0. The first-order valence-corrected chi connectivity index (χ1v) is 7.49. The molecule has 1 heterocycles. The van der Waals surface area contributed by atoms with E-state index in [9.17, 15) is 4.79 Å². The summed E-state index contributed by atoms with van der Waals surface area (Å²) in [6, 6.07) is 16.8. The summed E-state index contributed by atoms with van der Waals surface area (Å²) in [6.07, 6.45) is 1.73. The van der Waals surface area contributed by atoms with Gasteiger partial charge in [-0.2, -0.15) is 0 Å². The Morgan fingerprint density at radius 2 is 1.83 bits per heavy atom. The fourth-order valence-electron chi connectivity index (χ4n) is 2.10. The lowest BCUT2D eigenvalue weighted by molar-refractivity contribution is -0.144. The van der Waals surface area contributed by atoms with Crippen molar-refractivity contribution in [2.75, 3.05) is 0 Å². The molecule has 5 heteroatoms. The second kappa shape index (κ2) is 7.11. The lowest BCUT2D eigenvalue weighted by Gasteiger charge is -2.04. The van der Waals surface area contributed by atoms with Crippen LogP contribution in [0.15, 0.2) is 65.2 Å². The number of nitrogens with zero attached hydrogens (tertiary/aromatic N) is 1. The predicted octanol–water partition coefficient (Wildman–Crippen LogP) is 4.28. The quantitative estimate of drug-likeness (QED) is 0.656. The van der Waals surface area contributed by atoms with Gasteiger partial charge in [0.15, 0.2) is 12.4 Å². The van der Waals surface area contributed by atoms with Gasteiger partial charge >= 0.3 is 5.97 Å². The lowest BCUT2D eigenvalue weighted by atomic mass is 10.1. The summed E-state index contributed by atoms with van der Waals surface area (Å²) in [5, 5.41) is 0.548. The molecule has 1 aromatic heterocycles. The second-order valence-corrected chi connectivity index (χ2v) is 5.32. The molecule has 0 fully saturated rings. The normalized spacial score (nSPS) is 10.5. The van der Waals surface area contributed by atoms with Crippen molar-refractivity contribution < 1.29 is 13.9 Å². The Kier molecular flexibility index (Phi) is 4.74. The van der Waals surface area contributed by atoms with Crippen molar-refractivity contribution >= 4 is 17.6 Å². The monoisotopic (exact) mass is 327 g/mol. The minimum Gasteiger partial charge on any atom is -0.455 e. The van der Waals surface area contributed by atoms with E-state index < -0.39 is 0 Å². The molecule has 0 aliphatic heterocycles. The number of halogens is 1. The second-order valence-electron chi connectivity index (χ2n) is 4.91. The Labute approximate surface area is 138 Å². The molecule has 4 nitrogen and oxygen atoms in total. The Bertz CT molecular complexity index is 799. The number of rotatable bonds is 5. The highest BCUT2D eigenvalue weighted by Gasteiger charge is 2.11. The maximum absolute atomic E-state index is 11.9. The minimum absolute atomic E-state index is 0.00385. The number of carbonyl (C=O) groups is 1. The van der Waals surface area contributed by atoms with E-state index >= 15 is 0 Å². The van der Waals surface area contributed by atoms with Crippen LogP contribution in [-0.2, 0) is 22.6 Å². The Morgan fingerprint density at radius 1 is 1.09 bits per heavy atom. The molecule has 23 heavy (non-hydrogen) atoms. The summed E-state index contributed by atoms with van der Waals surface area (Å²) < 4.78 is 10.8. The zero-order valence-corrected chi connectivity index (χ0v) is 13.0. The van der Waals surface area contributed by atoms with Crippen LogP contribution in [0.4, 0.5) is 0 Å². The molecule has 0 bridgehead atoms. The van der Waals surface area contributed by atoms with E-state index in [1.165, 1.54) is 0 Å². The number of carbonyl (C=O) groups excluding carboxylic acids is 1. The molecule has 0 atom stereocenters. The van der Waals surface area contributed by atoms with Crippen LogP contribution in [-0.4, -0.2) is 11.0 Å². The van der Waals surface area contributed by atoms with Gasteiger partial charge in [-0.15, -0.1) is 0 Å². The third-order valence-electron chi connectivity index (χ3n) is 3.26. The largest absolute Gasteiger partial charge is 0.455 e. The summed E-state index contributed by atoms with van der Waals surface area (Å²) in [5.41, 5.74) is 1.66. The van der Waals surface area contributed by atoms with Gasteiger partial charge in [0, 0.05) is 10.6 Å². The molecule has 0 aliphatic rings. The van der Waals surface area contributed by atoms with Gasteiger partial charge in [-0.05, 0) is 11.6 Å². The van der Waals surface area contributed by atoms with Crippen molar-refractivity contribution in [3.8, 4) is 11.3 Å². The summed E-state index contributed by atoms with van der Waals surface area (Å²) in [6.45, 7) is -0.00385. The van der Waals surface area contributed by atoms with E-state index in [0.717, 1.165) is 11.1 Å². The van der Waals surface area contributed by atoms with Crippen LogP contribution in [0.25, 0.3) is 11.3 Å². The number of benzene rings is 2. The number of ether oxygens (including phenoxy) is 1. The van der Waals surface area contributed by atoms with Crippen LogP contribution in [0, 0.1) is 0 Å². The van der Waals surface area contributed by atoms with E-state index in [0.29, 0.717) is 16.7 Å². The van der Waals surface area contributed by atoms with Gasteiger partial charge in [0.2, 0.25) is 5.89 Å². The first kappa shape index (κ1) is 15.3. The van der Waals surface area contributed by atoms with Gasteiger partial charge in [-0.25, -0.2) is 4.98 Å². The number of hydrogen-bond acceptors (Lipinski definition) is 4. The van der Waals surface area contributed by atoms with E-state index in [2.05, 4.69) is 4.98 Å². The highest BCUT2D eigenvalue weighted by molar-refractivity contribution is 6.31. The zero-order chi connectivity index (χ0) is 16.1. The average Bonchev–Trinajstić information content (AvgIpc) is 3.05. The molecule has 0 spiro atoms. The minimum atomic E-state index is -0.377. The van der Waals surface area contributed by atoms with Crippen molar-refractivity contribution in [2.24, 2.45) is 0 Å². The molecular weight excluding hydrogens is 314 g/mol. The lowest BCUT2D eigenvalue weighted by Crippen LogP contribution is -2.08. The van der Waals surface area contributed by atoms with Gasteiger partial charge in [-0.1, -0.05) is 60.1 Å². The Morgan fingerprint density at radius 3 is 2.61 bits per heavy atom. The average molecular weight is 328 g/mol. The first-order valence-electron chi connectivity index (χ1n) is 7.11. The smallest absolute Gasteiger partial charge is 0.310 e. The third kappa shape index (κ3) is 3.99.